The fraction of sp³-hybridized carbons (Fsp3) is 0.231. The molecule has 0 saturated carbocycles. The number of benzene rings is 1. The van der Waals surface area contributed by atoms with Crippen LogP contribution in [0.5, 0.6) is 5.75 Å². The molecule has 0 aliphatic carbocycles. The van der Waals surface area contributed by atoms with E-state index < -0.39 is 11.6 Å². The molecule has 100 valence electrons. The van der Waals surface area contributed by atoms with Crippen LogP contribution in [0, 0.1) is 11.6 Å². The molecule has 6 heteroatoms. The Bertz CT molecular complexity index is 546. The molecule has 0 radical (unpaired) electrons. The van der Waals surface area contributed by atoms with Crippen LogP contribution in [-0.4, -0.2) is 16.5 Å². The molecule has 0 aliphatic heterocycles. The lowest BCUT2D eigenvalue weighted by atomic mass is 10.3. The Balaban J connectivity index is 1.96. The molecule has 0 aliphatic rings. The van der Waals surface area contributed by atoms with Crippen LogP contribution in [0.4, 0.5) is 14.6 Å². The van der Waals surface area contributed by atoms with Crippen LogP contribution in [-0.2, 0) is 6.61 Å². The van der Waals surface area contributed by atoms with E-state index in [4.69, 9.17) is 4.74 Å². The second-order valence-corrected chi connectivity index (χ2v) is 3.79. The average Bonchev–Trinajstić information content (AvgIpc) is 2.42. The number of nitrogens with zero attached hydrogens (tertiary/aromatic N) is 2. The van der Waals surface area contributed by atoms with E-state index in [9.17, 15) is 8.78 Å². The molecule has 4 nitrogen and oxygen atoms in total. The maximum atomic E-state index is 13.0. The zero-order valence-electron chi connectivity index (χ0n) is 10.4. The first kappa shape index (κ1) is 13.2. The van der Waals surface area contributed by atoms with Crippen molar-refractivity contribution in [2.45, 2.75) is 13.5 Å². The van der Waals surface area contributed by atoms with Crippen molar-refractivity contribution in [1.82, 2.24) is 9.97 Å². The first-order chi connectivity index (χ1) is 9.19. The fourth-order valence-electron chi connectivity index (χ4n) is 1.43. The minimum Gasteiger partial charge on any atom is -0.487 e. The van der Waals surface area contributed by atoms with Crippen molar-refractivity contribution in [3.05, 3.63) is 47.9 Å². The van der Waals surface area contributed by atoms with Gasteiger partial charge in [0, 0.05) is 12.6 Å². The molecular weight excluding hydrogens is 252 g/mol. The summed E-state index contributed by atoms with van der Waals surface area (Å²) in [7, 11) is 0. The molecule has 0 bridgehead atoms. The van der Waals surface area contributed by atoms with Gasteiger partial charge in [-0.2, -0.15) is 0 Å². The van der Waals surface area contributed by atoms with E-state index in [1.54, 1.807) is 12.4 Å². The summed E-state index contributed by atoms with van der Waals surface area (Å²) >= 11 is 0. The van der Waals surface area contributed by atoms with Crippen molar-refractivity contribution in [2.24, 2.45) is 0 Å². The maximum absolute atomic E-state index is 13.0. The monoisotopic (exact) mass is 265 g/mol. The summed E-state index contributed by atoms with van der Waals surface area (Å²) in [5, 5.41) is 3.02. The van der Waals surface area contributed by atoms with Gasteiger partial charge in [-0.25, -0.2) is 13.8 Å². The molecule has 0 amide bonds. The molecule has 0 spiro atoms. The van der Waals surface area contributed by atoms with Crippen LogP contribution in [0.2, 0.25) is 0 Å². The highest BCUT2D eigenvalue weighted by molar-refractivity contribution is 5.30. The Labute approximate surface area is 109 Å². The van der Waals surface area contributed by atoms with Crippen LogP contribution in [0.1, 0.15) is 12.6 Å². The molecular formula is C13H13F2N3O. The van der Waals surface area contributed by atoms with Gasteiger partial charge in [0.05, 0.1) is 18.1 Å². The molecule has 1 aromatic heterocycles. The van der Waals surface area contributed by atoms with Gasteiger partial charge in [0.15, 0.2) is 11.6 Å². The van der Waals surface area contributed by atoms with E-state index in [1.807, 2.05) is 6.92 Å². The van der Waals surface area contributed by atoms with Crippen molar-refractivity contribution in [2.75, 3.05) is 11.9 Å². The minimum absolute atomic E-state index is 0.143. The molecule has 0 atom stereocenters. The number of halogens is 2. The third kappa shape index (κ3) is 3.61. The highest BCUT2D eigenvalue weighted by Crippen LogP contribution is 2.16. The van der Waals surface area contributed by atoms with Crippen LogP contribution in [0.15, 0.2) is 30.6 Å². The lowest BCUT2D eigenvalue weighted by Crippen LogP contribution is -2.03. The van der Waals surface area contributed by atoms with Crippen molar-refractivity contribution in [3.8, 4) is 5.75 Å². The van der Waals surface area contributed by atoms with Gasteiger partial charge in [-0.3, -0.25) is 4.98 Å². The van der Waals surface area contributed by atoms with Gasteiger partial charge in [-0.05, 0) is 19.1 Å². The number of hydrogen-bond donors (Lipinski definition) is 1. The van der Waals surface area contributed by atoms with Gasteiger partial charge in [-0.1, -0.05) is 0 Å². The first-order valence-electron chi connectivity index (χ1n) is 5.81. The van der Waals surface area contributed by atoms with Crippen molar-refractivity contribution in [3.63, 3.8) is 0 Å². The molecule has 2 aromatic rings. The topological polar surface area (TPSA) is 47.0 Å². The molecule has 1 heterocycles. The number of aromatic nitrogens is 2. The molecule has 2 rings (SSSR count). The minimum atomic E-state index is -0.939. The van der Waals surface area contributed by atoms with Crippen LogP contribution in [0.3, 0.4) is 0 Å². The number of hydrogen-bond acceptors (Lipinski definition) is 4. The van der Waals surface area contributed by atoms with Crippen molar-refractivity contribution < 1.29 is 13.5 Å². The predicted molar refractivity (Wildman–Crippen MR) is 66.9 cm³/mol. The van der Waals surface area contributed by atoms with E-state index in [2.05, 4.69) is 15.3 Å². The third-order valence-electron chi connectivity index (χ3n) is 2.34. The van der Waals surface area contributed by atoms with E-state index in [0.29, 0.717) is 11.5 Å². The van der Waals surface area contributed by atoms with Gasteiger partial charge in [0.2, 0.25) is 0 Å². The van der Waals surface area contributed by atoms with Gasteiger partial charge >= 0.3 is 0 Å². The van der Waals surface area contributed by atoms with Crippen molar-refractivity contribution in [1.29, 1.82) is 0 Å². The van der Waals surface area contributed by atoms with Gasteiger partial charge in [0.25, 0.3) is 0 Å². The van der Waals surface area contributed by atoms with Crippen LogP contribution >= 0.6 is 0 Å². The average molecular weight is 265 g/mol. The summed E-state index contributed by atoms with van der Waals surface area (Å²) in [6.07, 6.45) is 3.16. The number of ether oxygens (including phenoxy) is 1. The molecule has 0 unspecified atom stereocenters. The van der Waals surface area contributed by atoms with E-state index in [0.717, 1.165) is 18.7 Å². The lowest BCUT2D eigenvalue weighted by molar-refractivity contribution is 0.298. The zero-order valence-corrected chi connectivity index (χ0v) is 10.4. The molecule has 0 saturated heterocycles. The Kier molecular flexibility index (Phi) is 4.22. The summed E-state index contributed by atoms with van der Waals surface area (Å²) in [6, 6.07) is 3.37. The second-order valence-electron chi connectivity index (χ2n) is 3.79. The molecule has 0 fully saturated rings. The summed E-state index contributed by atoms with van der Waals surface area (Å²) in [5.41, 5.74) is 0.603. The van der Waals surface area contributed by atoms with Crippen molar-refractivity contribution >= 4 is 5.82 Å². The third-order valence-corrected chi connectivity index (χ3v) is 2.34. The van der Waals surface area contributed by atoms with E-state index in [-0.39, 0.29) is 12.4 Å². The molecule has 1 N–H and O–H groups in total. The SMILES string of the molecule is CCNc1cnc(COc2ccc(F)c(F)c2)cn1. The molecule has 19 heavy (non-hydrogen) atoms. The normalized spacial score (nSPS) is 10.3. The first-order valence-corrected chi connectivity index (χ1v) is 5.81. The predicted octanol–water partition coefficient (Wildman–Crippen LogP) is 2.77. The number of anilines is 1. The number of nitrogens with one attached hydrogen (secondary N) is 1. The Morgan fingerprint density at radius 2 is 2.00 bits per heavy atom. The highest BCUT2D eigenvalue weighted by atomic mass is 19.2. The van der Waals surface area contributed by atoms with Crippen LogP contribution < -0.4 is 10.1 Å². The Morgan fingerprint density at radius 1 is 1.16 bits per heavy atom. The van der Waals surface area contributed by atoms with Crippen LogP contribution in [0.25, 0.3) is 0 Å². The lowest BCUT2D eigenvalue weighted by Gasteiger charge is -2.06. The quantitative estimate of drug-likeness (QED) is 0.903. The Morgan fingerprint density at radius 3 is 2.63 bits per heavy atom. The highest BCUT2D eigenvalue weighted by Gasteiger charge is 2.04. The maximum Gasteiger partial charge on any atom is 0.162 e. The Hall–Kier alpha value is -2.24. The summed E-state index contributed by atoms with van der Waals surface area (Å²) in [5.74, 6) is -0.913. The zero-order chi connectivity index (χ0) is 13.7. The summed E-state index contributed by atoms with van der Waals surface area (Å²) < 4.78 is 31.0. The smallest absolute Gasteiger partial charge is 0.162 e. The van der Waals surface area contributed by atoms with Gasteiger partial charge < -0.3 is 10.1 Å². The summed E-state index contributed by atoms with van der Waals surface area (Å²) in [6.45, 7) is 2.87. The summed E-state index contributed by atoms with van der Waals surface area (Å²) in [4.78, 5) is 8.26. The largest absolute Gasteiger partial charge is 0.487 e. The molecule has 1 aromatic carbocycles. The fourth-order valence-corrected chi connectivity index (χ4v) is 1.43. The van der Waals surface area contributed by atoms with E-state index >= 15 is 0 Å². The van der Waals surface area contributed by atoms with E-state index in [1.165, 1.54) is 6.07 Å². The standard InChI is InChI=1S/C13H13F2N3O/c1-2-16-13-7-17-9(6-18-13)8-19-10-3-4-11(14)12(15)5-10/h3-7H,2,8H2,1H3,(H,16,18). The van der Waals surface area contributed by atoms with Gasteiger partial charge in [0.1, 0.15) is 18.2 Å². The van der Waals surface area contributed by atoms with Gasteiger partial charge in [-0.15, -0.1) is 0 Å². The number of rotatable bonds is 5. The second kappa shape index (κ2) is 6.08.